The predicted octanol–water partition coefficient (Wildman–Crippen LogP) is 2.07. The van der Waals surface area contributed by atoms with Crippen molar-refractivity contribution in [3.8, 4) is 0 Å². The zero-order chi connectivity index (χ0) is 15.4. The van der Waals surface area contributed by atoms with E-state index in [9.17, 15) is 4.79 Å². The Morgan fingerprint density at radius 1 is 1.27 bits per heavy atom. The first-order chi connectivity index (χ1) is 10.8. The molecular formula is C18H26N2O2. The third kappa shape index (κ3) is 3.50. The van der Waals surface area contributed by atoms with E-state index in [-0.39, 0.29) is 5.91 Å². The number of hydrogen-bond acceptors (Lipinski definition) is 3. The number of fused-ring (bicyclic) bond motifs is 1. The van der Waals surface area contributed by atoms with E-state index < -0.39 is 0 Å². The number of morpholine rings is 1. The summed E-state index contributed by atoms with van der Waals surface area (Å²) in [6.45, 7) is 7.23. The van der Waals surface area contributed by atoms with Crippen LogP contribution in [0, 0.1) is 0 Å². The Morgan fingerprint density at radius 2 is 2.09 bits per heavy atom. The number of ether oxygens (including phenoxy) is 1. The van der Waals surface area contributed by atoms with Gasteiger partial charge in [-0.3, -0.25) is 9.69 Å². The highest BCUT2D eigenvalue weighted by Gasteiger charge is 2.24. The molecule has 0 saturated carbocycles. The van der Waals surface area contributed by atoms with Crippen molar-refractivity contribution in [1.29, 1.82) is 0 Å². The van der Waals surface area contributed by atoms with Crippen molar-refractivity contribution in [3.05, 3.63) is 35.4 Å². The smallest absolute Gasteiger partial charge is 0.224 e. The minimum atomic E-state index is 0.288. The standard InChI is InChI=1S/C18H26N2O2/c1-2-17-14-22-12-11-19(17)10-8-18(21)20-9-7-15-5-3-4-6-16(15)13-20/h3-6,17H,2,7-14H2,1H3/t17-/m0/s1. The molecule has 3 rings (SSSR count). The summed E-state index contributed by atoms with van der Waals surface area (Å²) in [5.74, 6) is 0.288. The summed E-state index contributed by atoms with van der Waals surface area (Å²) < 4.78 is 5.53. The fraction of sp³-hybridized carbons (Fsp3) is 0.611. The molecule has 2 aliphatic heterocycles. The Kier molecular flexibility index (Phi) is 5.11. The van der Waals surface area contributed by atoms with Gasteiger partial charge in [-0.05, 0) is 24.0 Å². The van der Waals surface area contributed by atoms with E-state index in [4.69, 9.17) is 4.74 Å². The molecule has 0 aliphatic carbocycles. The highest BCUT2D eigenvalue weighted by molar-refractivity contribution is 5.76. The molecule has 1 fully saturated rings. The molecule has 4 nitrogen and oxygen atoms in total. The van der Waals surface area contributed by atoms with Gasteiger partial charge in [0.05, 0.1) is 13.2 Å². The van der Waals surface area contributed by atoms with Crippen molar-refractivity contribution in [1.82, 2.24) is 9.80 Å². The Bertz CT molecular complexity index is 518. The molecular weight excluding hydrogens is 276 g/mol. The normalized spacial score (nSPS) is 22.4. The highest BCUT2D eigenvalue weighted by atomic mass is 16.5. The van der Waals surface area contributed by atoms with Crippen LogP contribution < -0.4 is 0 Å². The van der Waals surface area contributed by atoms with E-state index in [1.54, 1.807) is 0 Å². The number of benzene rings is 1. The molecule has 120 valence electrons. The second kappa shape index (κ2) is 7.25. The summed E-state index contributed by atoms with van der Waals surface area (Å²) in [7, 11) is 0. The molecule has 0 aromatic heterocycles. The van der Waals surface area contributed by atoms with Gasteiger partial charge in [0.2, 0.25) is 5.91 Å². The van der Waals surface area contributed by atoms with E-state index >= 15 is 0 Å². The molecule has 0 spiro atoms. The first-order valence-electron chi connectivity index (χ1n) is 8.44. The zero-order valence-corrected chi connectivity index (χ0v) is 13.5. The first-order valence-corrected chi connectivity index (χ1v) is 8.44. The molecule has 22 heavy (non-hydrogen) atoms. The van der Waals surface area contributed by atoms with Crippen LogP contribution in [-0.4, -0.2) is 54.6 Å². The van der Waals surface area contributed by atoms with Gasteiger partial charge in [-0.25, -0.2) is 0 Å². The van der Waals surface area contributed by atoms with E-state index in [0.717, 1.165) is 52.2 Å². The van der Waals surface area contributed by atoms with Crippen LogP contribution in [-0.2, 0) is 22.5 Å². The van der Waals surface area contributed by atoms with Crippen LogP contribution in [0.25, 0.3) is 0 Å². The number of carbonyl (C=O) groups is 1. The molecule has 1 atom stereocenters. The lowest BCUT2D eigenvalue weighted by molar-refractivity contribution is -0.133. The van der Waals surface area contributed by atoms with Crippen LogP contribution in [0.5, 0.6) is 0 Å². The summed E-state index contributed by atoms with van der Waals surface area (Å²) in [5.41, 5.74) is 2.70. The van der Waals surface area contributed by atoms with Crippen molar-refractivity contribution in [2.24, 2.45) is 0 Å². The van der Waals surface area contributed by atoms with Gasteiger partial charge in [0, 0.05) is 38.6 Å². The number of hydrogen-bond donors (Lipinski definition) is 0. The largest absolute Gasteiger partial charge is 0.378 e. The monoisotopic (exact) mass is 302 g/mol. The second-order valence-corrected chi connectivity index (χ2v) is 6.26. The van der Waals surface area contributed by atoms with Crippen LogP contribution in [0.3, 0.4) is 0 Å². The zero-order valence-electron chi connectivity index (χ0n) is 13.5. The number of rotatable bonds is 4. The minimum Gasteiger partial charge on any atom is -0.378 e. The lowest BCUT2D eigenvalue weighted by Crippen LogP contribution is -2.46. The van der Waals surface area contributed by atoms with Crippen molar-refractivity contribution in [2.75, 3.05) is 32.8 Å². The molecule has 1 amide bonds. The molecule has 0 radical (unpaired) electrons. The summed E-state index contributed by atoms with van der Waals surface area (Å²) >= 11 is 0. The maximum Gasteiger partial charge on any atom is 0.224 e. The van der Waals surface area contributed by atoms with Gasteiger partial charge in [0.25, 0.3) is 0 Å². The molecule has 2 aliphatic rings. The summed E-state index contributed by atoms with van der Waals surface area (Å²) in [6.07, 6.45) is 2.70. The molecule has 0 N–H and O–H groups in total. The van der Waals surface area contributed by atoms with Gasteiger partial charge < -0.3 is 9.64 Å². The number of amides is 1. The van der Waals surface area contributed by atoms with Crippen molar-refractivity contribution >= 4 is 5.91 Å². The van der Waals surface area contributed by atoms with Crippen molar-refractivity contribution in [3.63, 3.8) is 0 Å². The van der Waals surface area contributed by atoms with Crippen LogP contribution >= 0.6 is 0 Å². The predicted molar refractivity (Wildman–Crippen MR) is 86.7 cm³/mol. The molecule has 2 heterocycles. The fourth-order valence-corrected chi connectivity index (χ4v) is 3.47. The topological polar surface area (TPSA) is 32.8 Å². The summed E-state index contributed by atoms with van der Waals surface area (Å²) in [5, 5.41) is 0. The van der Waals surface area contributed by atoms with Crippen LogP contribution in [0.1, 0.15) is 30.9 Å². The molecule has 1 saturated heterocycles. The van der Waals surface area contributed by atoms with Gasteiger partial charge >= 0.3 is 0 Å². The fourth-order valence-electron chi connectivity index (χ4n) is 3.47. The van der Waals surface area contributed by atoms with E-state index in [0.29, 0.717) is 12.5 Å². The van der Waals surface area contributed by atoms with E-state index in [2.05, 4.69) is 36.1 Å². The Labute approximate surface area is 133 Å². The molecule has 0 unspecified atom stereocenters. The number of nitrogens with zero attached hydrogens (tertiary/aromatic N) is 2. The van der Waals surface area contributed by atoms with E-state index in [1.807, 2.05) is 4.90 Å². The van der Waals surface area contributed by atoms with Crippen LogP contribution in [0.15, 0.2) is 24.3 Å². The average Bonchev–Trinajstić information content (AvgIpc) is 2.59. The lowest BCUT2D eigenvalue weighted by Gasteiger charge is -2.35. The quantitative estimate of drug-likeness (QED) is 0.853. The van der Waals surface area contributed by atoms with Gasteiger partial charge in [-0.1, -0.05) is 31.2 Å². The Morgan fingerprint density at radius 3 is 2.91 bits per heavy atom. The van der Waals surface area contributed by atoms with Crippen LogP contribution in [0.4, 0.5) is 0 Å². The van der Waals surface area contributed by atoms with Gasteiger partial charge in [0.1, 0.15) is 0 Å². The van der Waals surface area contributed by atoms with Gasteiger partial charge in [-0.15, -0.1) is 0 Å². The Balaban J connectivity index is 1.52. The maximum atomic E-state index is 12.5. The first kappa shape index (κ1) is 15.5. The Hall–Kier alpha value is -1.39. The van der Waals surface area contributed by atoms with Gasteiger partial charge in [0.15, 0.2) is 0 Å². The molecule has 0 bridgehead atoms. The van der Waals surface area contributed by atoms with Crippen molar-refractivity contribution < 1.29 is 9.53 Å². The third-order valence-corrected chi connectivity index (χ3v) is 4.92. The van der Waals surface area contributed by atoms with Gasteiger partial charge in [-0.2, -0.15) is 0 Å². The minimum absolute atomic E-state index is 0.288. The third-order valence-electron chi connectivity index (χ3n) is 4.92. The van der Waals surface area contributed by atoms with Crippen molar-refractivity contribution in [2.45, 2.75) is 38.8 Å². The summed E-state index contributed by atoms with van der Waals surface area (Å²) in [6, 6.07) is 8.94. The maximum absolute atomic E-state index is 12.5. The average molecular weight is 302 g/mol. The van der Waals surface area contributed by atoms with E-state index in [1.165, 1.54) is 11.1 Å². The molecule has 1 aromatic carbocycles. The molecule has 4 heteroatoms. The lowest BCUT2D eigenvalue weighted by atomic mass is 10.00. The highest BCUT2D eigenvalue weighted by Crippen LogP contribution is 2.19. The second-order valence-electron chi connectivity index (χ2n) is 6.26. The number of carbonyl (C=O) groups excluding carboxylic acids is 1. The molecule has 1 aromatic rings. The SMILES string of the molecule is CC[C@H]1COCCN1CCC(=O)N1CCc2ccccc2C1. The van der Waals surface area contributed by atoms with Crippen LogP contribution in [0.2, 0.25) is 0 Å². The summed E-state index contributed by atoms with van der Waals surface area (Å²) in [4.78, 5) is 16.9.